The maximum absolute atomic E-state index is 12.3. The quantitative estimate of drug-likeness (QED) is 0.841. The Morgan fingerprint density at radius 2 is 1.95 bits per heavy atom. The van der Waals surface area contributed by atoms with Crippen molar-refractivity contribution in [3.8, 4) is 0 Å². The van der Waals surface area contributed by atoms with Crippen LogP contribution < -0.4 is 10.6 Å². The maximum Gasteiger partial charge on any atom is 0.319 e. The second kappa shape index (κ2) is 6.22. The van der Waals surface area contributed by atoms with Crippen LogP contribution in [0.5, 0.6) is 0 Å². The van der Waals surface area contributed by atoms with E-state index in [1.54, 1.807) is 0 Å². The fourth-order valence-corrected chi connectivity index (χ4v) is 3.09. The van der Waals surface area contributed by atoms with Crippen molar-refractivity contribution in [3.63, 3.8) is 0 Å². The summed E-state index contributed by atoms with van der Waals surface area (Å²) in [5.41, 5.74) is 5.70. The third-order valence-corrected chi connectivity index (χ3v) is 4.32. The molecule has 1 unspecified atom stereocenters. The molecule has 0 aromatic heterocycles. The van der Waals surface area contributed by atoms with Crippen LogP contribution >= 0.6 is 0 Å². The van der Waals surface area contributed by atoms with Gasteiger partial charge in [0.25, 0.3) is 0 Å². The first kappa shape index (κ1) is 14.6. The molecule has 2 amide bonds. The number of hydrogen-bond donors (Lipinski definition) is 2. The summed E-state index contributed by atoms with van der Waals surface area (Å²) >= 11 is 0. The van der Waals surface area contributed by atoms with E-state index in [0.717, 1.165) is 36.1 Å². The van der Waals surface area contributed by atoms with Gasteiger partial charge in [0.1, 0.15) is 0 Å². The molecule has 0 saturated heterocycles. The molecule has 1 aliphatic rings. The molecule has 0 fully saturated rings. The fraction of sp³-hybridized carbons (Fsp3) is 0.316. The number of fused-ring (bicyclic) bond motifs is 1. The lowest BCUT2D eigenvalue weighted by Gasteiger charge is -2.26. The van der Waals surface area contributed by atoms with E-state index in [2.05, 4.69) is 34.9 Å². The zero-order chi connectivity index (χ0) is 15.5. The highest BCUT2D eigenvalue weighted by molar-refractivity contribution is 5.90. The number of amides is 2. The third kappa shape index (κ3) is 3.14. The van der Waals surface area contributed by atoms with Crippen molar-refractivity contribution in [2.24, 2.45) is 0 Å². The van der Waals surface area contributed by atoms with Crippen molar-refractivity contribution in [2.75, 3.05) is 5.32 Å². The fourth-order valence-electron chi connectivity index (χ4n) is 3.09. The van der Waals surface area contributed by atoms with Crippen molar-refractivity contribution in [3.05, 3.63) is 64.7 Å². The lowest BCUT2D eigenvalue weighted by atomic mass is 9.88. The second-order valence-corrected chi connectivity index (χ2v) is 6.06. The minimum atomic E-state index is -0.129. The highest BCUT2D eigenvalue weighted by Gasteiger charge is 2.21. The second-order valence-electron chi connectivity index (χ2n) is 6.06. The predicted molar refractivity (Wildman–Crippen MR) is 90.2 cm³/mol. The number of urea groups is 1. The topological polar surface area (TPSA) is 41.1 Å². The first-order valence-corrected chi connectivity index (χ1v) is 7.86. The van der Waals surface area contributed by atoms with E-state index in [1.807, 2.05) is 32.0 Å². The third-order valence-electron chi connectivity index (χ3n) is 4.32. The Balaban J connectivity index is 1.72. The van der Waals surface area contributed by atoms with Gasteiger partial charge < -0.3 is 10.6 Å². The Morgan fingerprint density at radius 3 is 2.82 bits per heavy atom. The molecule has 1 aliphatic carbocycles. The van der Waals surface area contributed by atoms with Crippen LogP contribution in [0, 0.1) is 13.8 Å². The number of carbonyl (C=O) groups excluding carboxylic acids is 1. The maximum atomic E-state index is 12.3. The molecule has 2 aromatic rings. The van der Waals surface area contributed by atoms with Crippen LogP contribution in [0.1, 0.15) is 41.1 Å². The Hall–Kier alpha value is -2.29. The van der Waals surface area contributed by atoms with Crippen molar-refractivity contribution in [1.29, 1.82) is 0 Å². The van der Waals surface area contributed by atoms with Gasteiger partial charge in [0, 0.05) is 5.69 Å². The molecule has 0 radical (unpaired) electrons. The summed E-state index contributed by atoms with van der Waals surface area (Å²) in [6.45, 7) is 4.03. The van der Waals surface area contributed by atoms with Crippen LogP contribution in [0.3, 0.4) is 0 Å². The number of rotatable bonds is 2. The Morgan fingerprint density at radius 1 is 1.14 bits per heavy atom. The van der Waals surface area contributed by atoms with Gasteiger partial charge in [-0.25, -0.2) is 4.79 Å². The van der Waals surface area contributed by atoms with Crippen molar-refractivity contribution >= 4 is 11.7 Å². The number of hydrogen-bond acceptors (Lipinski definition) is 1. The number of aryl methyl sites for hydroxylation is 3. The minimum absolute atomic E-state index is 0.107. The standard InChI is InChI=1S/C19H22N2O/c1-13-10-11-14(2)18(12-13)21-19(22)20-17-9-5-7-15-6-3-4-8-16(15)17/h3-4,6,8,10-12,17H,5,7,9H2,1-2H3,(H2,20,21,22). The summed E-state index contributed by atoms with van der Waals surface area (Å²) in [6.07, 6.45) is 3.22. The van der Waals surface area contributed by atoms with Crippen LogP contribution in [-0.4, -0.2) is 6.03 Å². The van der Waals surface area contributed by atoms with E-state index in [4.69, 9.17) is 0 Å². The molecule has 22 heavy (non-hydrogen) atoms. The van der Waals surface area contributed by atoms with Gasteiger partial charge in [-0.15, -0.1) is 0 Å². The Labute approximate surface area is 131 Å². The molecule has 0 saturated carbocycles. The van der Waals surface area contributed by atoms with Crippen LogP contribution in [-0.2, 0) is 6.42 Å². The number of benzene rings is 2. The molecule has 0 heterocycles. The van der Waals surface area contributed by atoms with Gasteiger partial charge in [0.15, 0.2) is 0 Å². The lowest BCUT2D eigenvalue weighted by molar-refractivity contribution is 0.247. The Kier molecular flexibility index (Phi) is 4.14. The van der Waals surface area contributed by atoms with Crippen LogP contribution in [0.2, 0.25) is 0 Å². The van der Waals surface area contributed by atoms with Crippen LogP contribution in [0.15, 0.2) is 42.5 Å². The molecule has 3 rings (SSSR count). The molecule has 0 spiro atoms. The number of carbonyl (C=O) groups is 1. The molecular weight excluding hydrogens is 272 g/mol. The Bertz CT molecular complexity index is 694. The molecule has 1 atom stereocenters. The van der Waals surface area contributed by atoms with E-state index in [-0.39, 0.29) is 12.1 Å². The largest absolute Gasteiger partial charge is 0.331 e. The van der Waals surface area contributed by atoms with E-state index in [9.17, 15) is 4.79 Å². The zero-order valence-electron chi connectivity index (χ0n) is 13.1. The van der Waals surface area contributed by atoms with Crippen LogP contribution in [0.4, 0.5) is 10.5 Å². The highest BCUT2D eigenvalue weighted by Crippen LogP contribution is 2.29. The summed E-state index contributed by atoms with van der Waals surface area (Å²) in [5.74, 6) is 0. The first-order valence-electron chi connectivity index (χ1n) is 7.86. The lowest BCUT2D eigenvalue weighted by Crippen LogP contribution is -2.34. The first-order chi connectivity index (χ1) is 10.6. The molecule has 114 valence electrons. The van der Waals surface area contributed by atoms with Crippen molar-refractivity contribution in [1.82, 2.24) is 5.32 Å². The van der Waals surface area contributed by atoms with Crippen LogP contribution in [0.25, 0.3) is 0 Å². The zero-order valence-corrected chi connectivity index (χ0v) is 13.1. The van der Waals surface area contributed by atoms with Gasteiger partial charge in [-0.1, -0.05) is 36.4 Å². The molecule has 3 nitrogen and oxygen atoms in total. The van der Waals surface area contributed by atoms with Gasteiger partial charge in [0.2, 0.25) is 0 Å². The van der Waals surface area contributed by atoms with E-state index in [1.165, 1.54) is 11.1 Å². The van der Waals surface area contributed by atoms with E-state index < -0.39 is 0 Å². The molecular formula is C19H22N2O. The van der Waals surface area contributed by atoms with Gasteiger partial charge in [-0.3, -0.25) is 0 Å². The molecule has 0 bridgehead atoms. The predicted octanol–water partition coefficient (Wildman–Crippen LogP) is 4.50. The molecule has 2 N–H and O–H groups in total. The average molecular weight is 294 g/mol. The number of anilines is 1. The van der Waals surface area contributed by atoms with E-state index in [0.29, 0.717) is 0 Å². The SMILES string of the molecule is Cc1ccc(C)c(NC(=O)NC2CCCc3ccccc32)c1. The average Bonchev–Trinajstić information content (AvgIpc) is 2.51. The van der Waals surface area contributed by atoms with Crippen molar-refractivity contribution in [2.45, 2.75) is 39.2 Å². The molecule has 0 aliphatic heterocycles. The normalized spacial score (nSPS) is 16.7. The van der Waals surface area contributed by atoms with Gasteiger partial charge >= 0.3 is 6.03 Å². The monoisotopic (exact) mass is 294 g/mol. The molecule has 2 aromatic carbocycles. The highest BCUT2D eigenvalue weighted by atomic mass is 16.2. The van der Waals surface area contributed by atoms with Gasteiger partial charge in [-0.2, -0.15) is 0 Å². The van der Waals surface area contributed by atoms with Crippen molar-refractivity contribution < 1.29 is 4.79 Å². The van der Waals surface area contributed by atoms with Gasteiger partial charge in [-0.05, 0) is 61.4 Å². The smallest absolute Gasteiger partial charge is 0.319 e. The summed E-state index contributed by atoms with van der Waals surface area (Å²) in [5, 5.41) is 6.10. The van der Waals surface area contributed by atoms with Gasteiger partial charge in [0.05, 0.1) is 6.04 Å². The minimum Gasteiger partial charge on any atom is -0.331 e. The summed E-state index contributed by atoms with van der Waals surface area (Å²) in [7, 11) is 0. The summed E-state index contributed by atoms with van der Waals surface area (Å²) in [6, 6.07) is 14.5. The molecule has 3 heteroatoms. The van der Waals surface area contributed by atoms with E-state index >= 15 is 0 Å². The summed E-state index contributed by atoms with van der Waals surface area (Å²) < 4.78 is 0. The summed E-state index contributed by atoms with van der Waals surface area (Å²) in [4.78, 5) is 12.3. The number of nitrogens with one attached hydrogen (secondary N) is 2.